The van der Waals surface area contributed by atoms with Crippen molar-refractivity contribution < 1.29 is 40.2 Å². The van der Waals surface area contributed by atoms with E-state index in [1.54, 1.807) is 28.2 Å². The summed E-state index contributed by atoms with van der Waals surface area (Å²) in [6, 6.07) is 0. The predicted octanol–water partition coefficient (Wildman–Crippen LogP) is 21.7. The van der Waals surface area contributed by atoms with Gasteiger partial charge >= 0.3 is 0 Å². The molecule has 0 saturated carbocycles. The van der Waals surface area contributed by atoms with Crippen LogP contribution in [0.5, 0.6) is 0 Å². The van der Waals surface area contributed by atoms with Crippen LogP contribution in [0, 0.1) is 0 Å². The number of Topliss-reactive ketones (excluding diaryl/α,β-unsaturated/α-hetero) is 2. The molecule has 0 spiro atoms. The summed E-state index contributed by atoms with van der Waals surface area (Å²) in [6.45, 7) is 7.89. The van der Waals surface area contributed by atoms with Crippen molar-refractivity contribution in [3.63, 3.8) is 0 Å². The summed E-state index contributed by atoms with van der Waals surface area (Å²) >= 11 is 0. The topological polar surface area (TPSA) is 162 Å². The molecule has 0 rings (SSSR count). The van der Waals surface area contributed by atoms with E-state index in [0.29, 0.717) is 25.7 Å². The molecule has 0 radical (unpaired) electrons. The molecule has 10 nitrogen and oxygen atoms in total. The highest BCUT2D eigenvalue weighted by atomic mass is 16.4. The molecule has 0 bridgehead atoms. The van der Waals surface area contributed by atoms with E-state index < -0.39 is 59.3 Å². The van der Waals surface area contributed by atoms with Gasteiger partial charge in [0, 0.05) is 0 Å². The van der Waals surface area contributed by atoms with Crippen molar-refractivity contribution >= 4 is 11.6 Å². The van der Waals surface area contributed by atoms with Crippen LogP contribution in [-0.4, -0.2) is 128 Å². The first kappa shape index (κ1) is 92.9. The van der Waals surface area contributed by atoms with Gasteiger partial charge in [-0.25, -0.2) is 0 Å². The normalized spacial score (nSPS) is 16.0. The van der Waals surface area contributed by atoms with Crippen molar-refractivity contribution in [1.82, 2.24) is 9.80 Å². The zero-order valence-corrected chi connectivity index (χ0v) is 64.0. The summed E-state index contributed by atoms with van der Waals surface area (Å²) in [7, 11) is 6.55. The number of nitrogens with zero attached hydrogens (tertiary/aromatic N) is 2. The number of unbranched alkanes of at least 4 members (excludes halogenated alkanes) is 36. The van der Waals surface area contributed by atoms with Crippen LogP contribution in [0.1, 0.15) is 362 Å². The molecule has 96 heavy (non-hydrogen) atoms. The summed E-state index contributed by atoms with van der Waals surface area (Å²) in [5, 5.41) is 81.0. The molecule has 10 heteroatoms. The van der Waals surface area contributed by atoms with Gasteiger partial charge in [-0.1, -0.05) is 305 Å². The van der Waals surface area contributed by atoms with Gasteiger partial charge < -0.3 is 40.4 Å². The van der Waals surface area contributed by atoms with Crippen LogP contribution in [0.4, 0.5) is 0 Å². The lowest BCUT2D eigenvalue weighted by Crippen LogP contribution is -2.86. The maximum atomic E-state index is 15.6. The van der Waals surface area contributed by atoms with E-state index in [2.05, 4.69) is 125 Å². The number of allylic oxidation sites excluding steroid dienone is 16. The Balaban J connectivity index is 7.08. The van der Waals surface area contributed by atoms with Gasteiger partial charge in [0.2, 0.25) is 0 Å². The Morgan fingerprint density at radius 1 is 0.281 bits per heavy atom. The molecule has 0 aliphatic heterocycles. The Labute approximate surface area is 593 Å². The second kappa shape index (κ2) is 64.1. The number of aliphatic hydroxyl groups is 6. The summed E-state index contributed by atoms with van der Waals surface area (Å²) in [6.07, 6.45) is 79.1. The molecule has 0 aromatic heterocycles. The van der Waals surface area contributed by atoms with Crippen LogP contribution >= 0.6 is 0 Å². The van der Waals surface area contributed by atoms with Crippen molar-refractivity contribution in [1.29, 1.82) is 0 Å². The van der Waals surface area contributed by atoms with E-state index in [9.17, 15) is 30.6 Å². The SMILES string of the molecule is CCCCC/C=C\C/C=C\CCCCCCCCC(O)[C@](O)(CCCCCCCC/C=C\C/C=C\CCCCC)[C@](O)(C(=O)CN(C)C)[C@@](O)(C(=O)CN(C)C)[C@@](O)(CCCCCCCC/C=C\C/C=C\CCCCC)C(O)CCCCCCCC/C=C\C/C=C\CCCCC. The predicted molar refractivity (Wildman–Crippen MR) is 415 cm³/mol. The highest BCUT2D eigenvalue weighted by molar-refractivity contribution is 6.03. The molecule has 0 amide bonds. The monoisotopic (exact) mass is 1350 g/mol. The fourth-order valence-corrected chi connectivity index (χ4v) is 13.4. The number of hydrogen-bond acceptors (Lipinski definition) is 10. The highest BCUT2D eigenvalue weighted by Gasteiger charge is 2.77. The molecule has 558 valence electrons. The lowest BCUT2D eigenvalue weighted by Gasteiger charge is -2.58. The Kier molecular flexibility index (Phi) is 62.0. The van der Waals surface area contributed by atoms with Crippen LogP contribution in [0.25, 0.3) is 0 Å². The van der Waals surface area contributed by atoms with Crippen molar-refractivity contribution in [2.24, 2.45) is 0 Å². The largest absolute Gasteiger partial charge is 0.390 e. The molecule has 0 fully saturated rings. The van der Waals surface area contributed by atoms with E-state index in [-0.39, 0.29) is 38.5 Å². The Bertz CT molecular complexity index is 1900. The van der Waals surface area contributed by atoms with Gasteiger partial charge in [-0.05, 0) is 182 Å². The second-order valence-corrected chi connectivity index (χ2v) is 29.0. The highest BCUT2D eigenvalue weighted by Crippen LogP contribution is 2.50. The second-order valence-electron chi connectivity index (χ2n) is 29.0. The van der Waals surface area contributed by atoms with E-state index in [1.807, 2.05) is 0 Å². The number of ketones is 2. The van der Waals surface area contributed by atoms with Crippen LogP contribution in [0.3, 0.4) is 0 Å². The number of carbonyl (C=O) groups excluding carboxylic acids is 2. The van der Waals surface area contributed by atoms with Gasteiger partial charge in [0.25, 0.3) is 0 Å². The summed E-state index contributed by atoms with van der Waals surface area (Å²) in [5.41, 5.74) is -12.5. The minimum atomic E-state index is -3.46. The summed E-state index contributed by atoms with van der Waals surface area (Å²) < 4.78 is 0. The minimum absolute atomic E-state index is 0.0113. The first-order valence-corrected chi connectivity index (χ1v) is 40.3. The molecule has 0 aliphatic rings. The van der Waals surface area contributed by atoms with Crippen molar-refractivity contribution in [2.75, 3.05) is 41.3 Å². The molecule has 0 saturated heterocycles. The van der Waals surface area contributed by atoms with Gasteiger partial charge in [0.15, 0.2) is 22.8 Å². The fourth-order valence-electron chi connectivity index (χ4n) is 13.4. The minimum Gasteiger partial charge on any atom is -0.390 e. The molecule has 0 aliphatic carbocycles. The zero-order chi connectivity index (χ0) is 71.0. The van der Waals surface area contributed by atoms with E-state index >= 15 is 9.59 Å². The quantitative estimate of drug-likeness (QED) is 0.0255. The van der Waals surface area contributed by atoms with Crippen molar-refractivity contribution in [3.8, 4) is 0 Å². The van der Waals surface area contributed by atoms with E-state index in [1.165, 1.54) is 86.8 Å². The van der Waals surface area contributed by atoms with Crippen molar-refractivity contribution in [2.45, 2.75) is 396 Å². The van der Waals surface area contributed by atoms with Gasteiger partial charge in [0.05, 0.1) is 25.3 Å². The Morgan fingerprint density at radius 3 is 0.677 bits per heavy atom. The Hall–Kier alpha value is -3.06. The number of hydrogen-bond donors (Lipinski definition) is 6. The third kappa shape index (κ3) is 43.6. The third-order valence-electron chi connectivity index (χ3n) is 19.5. The van der Waals surface area contributed by atoms with Gasteiger partial charge in [-0.2, -0.15) is 0 Å². The average Bonchev–Trinajstić information content (AvgIpc) is 0.693. The molecular formula is C86H156N2O8. The molecule has 0 aromatic carbocycles. The summed E-state index contributed by atoms with van der Waals surface area (Å²) in [5.74, 6) is -2.17. The van der Waals surface area contributed by atoms with E-state index in [0.717, 1.165) is 193 Å². The van der Waals surface area contributed by atoms with Crippen molar-refractivity contribution in [3.05, 3.63) is 97.2 Å². The van der Waals surface area contributed by atoms with Crippen LogP contribution in [-0.2, 0) is 9.59 Å². The van der Waals surface area contributed by atoms with Gasteiger partial charge in [-0.15, -0.1) is 0 Å². The molecule has 6 N–H and O–H groups in total. The van der Waals surface area contributed by atoms with Gasteiger partial charge in [0.1, 0.15) is 11.2 Å². The van der Waals surface area contributed by atoms with E-state index in [4.69, 9.17) is 0 Å². The lowest BCUT2D eigenvalue weighted by atomic mass is 9.54. The molecule has 0 aromatic rings. The number of carbonyl (C=O) groups is 2. The maximum absolute atomic E-state index is 15.6. The number of rotatable bonds is 71. The molecule has 6 atom stereocenters. The van der Waals surface area contributed by atoms with Crippen LogP contribution < -0.4 is 0 Å². The first-order chi connectivity index (χ1) is 46.5. The third-order valence-corrected chi connectivity index (χ3v) is 19.5. The molecule has 2 unspecified atom stereocenters. The zero-order valence-electron chi connectivity index (χ0n) is 64.0. The molecular weight excluding hydrogens is 1190 g/mol. The number of aliphatic hydroxyl groups excluding tert-OH is 2. The average molecular weight is 1350 g/mol. The lowest BCUT2D eigenvalue weighted by molar-refractivity contribution is -0.309. The van der Waals surface area contributed by atoms with Crippen LogP contribution in [0.15, 0.2) is 97.2 Å². The fraction of sp³-hybridized carbons (Fsp3) is 0.791. The standard InChI is InChI=1S/C86H156N2O8/c1-9-13-17-21-25-29-33-37-41-45-49-53-57-61-65-69-73-79(89)83(93,75-71-67-63-59-55-51-47-43-39-35-31-27-23-19-15-11-3)85(95,81(91)77-87(5)6)86(96,82(92)78-88(7)8)84(94,76-72-68-64-60-56-52-48-44-40-36-32-28-24-20-16-12-4)80(90)74-70-66-62-58-54-50-46-42-38-34-30-26-22-18-14-10-2/h25-32,37-44,79-80,89-90,93-96H,9-24,33-36,45-78H2,1-8H3/b29-25-,30-26-,31-27-,32-28-,41-37-,42-38-,43-39-,44-40-/t79?,80?,83-,84-,85-,86-/m1/s1. The van der Waals surface area contributed by atoms with Crippen LogP contribution in [0.2, 0.25) is 0 Å². The molecule has 0 heterocycles. The smallest absolute Gasteiger partial charge is 0.194 e. The van der Waals surface area contributed by atoms with Gasteiger partial charge in [-0.3, -0.25) is 9.59 Å². The number of likely N-dealkylation sites (N-methyl/N-ethyl adjacent to an activating group) is 2. The first-order valence-electron chi connectivity index (χ1n) is 40.3. The maximum Gasteiger partial charge on any atom is 0.194 e. The summed E-state index contributed by atoms with van der Waals surface area (Å²) in [4.78, 5) is 34.1. The Morgan fingerprint density at radius 2 is 0.469 bits per heavy atom.